The van der Waals surface area contributed by atoms with Crippen LogP contribution in [0.4, 0.5) is 5.69 Å². The second-order valence-electron chi connectivity index (χ2n) is 3.54. The summed E-state index contributed by atoms with van der Waals surface area (Å²) in [5.74, 6) is -0.325. The molecule has 0 radical (unpaired) electrons. The Labute approximate surface area is 110 Å². The van der Waals surface area contributed by atoms with Crippen molar-refractivity contribution < 1.29 is 19.4 Å². The first kappa shape index (κ1) is 14.4. The molecule has 6 heteroatoms. The number of thioether (sulfide) groups is 1. The highest BCUT2D eigenvalue weighted by atomic mass is 32.2. The average molecular weight is 269 g/mol. The van der Waals surface area contributed by atoms with Gasteiger partial charge in [0.15, 0.2) is 0 Å². The molecule has 1 amide bonds. The van der Waals surface area contributed by atoms with Crippen molar-refractivity contribution in [2.24, 2.45) is 0 Å². The largest absolute Gasteiger partial charge is 0.497 e. The van der Waals surface area contributed by atoms with E-state index >= 15 is 0 Å². The van der Waals surface area contributed by atoms with Crippen molar-refractivity contribution in [3.8, 4) is 5.75 Å². The van der Waals surface area contributed by atoms with Gasteiger partial charge in [-0.2, -0.15) is 0 Å². The van der Waals surface area contributed by atoms with Gasteiger partial charge in [-0.05, 0) is 12.1 Å². The molecule has 0 heterocycles. The molecule has 0 fully saturated rings. The van der Waals surface area contributed by atoms with Crippen LogP contribution in [0.25, 0.3) is 0 Å². The Balaban J connectivity index is 2.59. The van der Waals surface area contributed by atoms with Gasteiger partial charge >= 0.3 is 5.97 Å². The van der Waals surface area contributed by atoms with Crippen molar-refractivity contribution in [2.75, 3.05) is 30.6 Å². The zero-order chi connectivity index (χ0) is 13.5. The van der Waals surface area contributed by atoms with E-state index in [1.54, 1.807) is 38.4 Å². The number of methoxy groups -OCH3 is 1. The van der Waals surface area contributed by atoms with E-state index in [1.807, 2.05) is 0 Å². The summed E-state index contributed by atoms with van der Waals surface area (Å²) in [6.07, 6.45) is 0. The van der Waals surface area contributed by atoms with Crippen LogP contribution in [-0.4, -0.2) is 42.6 Å². The minimum atomic E-state index is -0.920. The molecule has 1 aromatic rings. The minimum Gasteiger partial charge on any atom is -0.497 e. The summed E-state index contributed by atoms with van der Waals surface area (Å²) in [4.78, 5) is 23.6. The summed E-state index contributed by atoms with van der Waals surface area (Å²) in [5.41, 5.74) is 0.718. The topological polar surface area (TPSA) is 66.8 Å². The third-order valence-electron chi connectivity index (χ3n) is 2.27. The number of aliphatic carboxylic acids is 1. The monoisotopic (exact) mass is 269 g/mol. The number of carboxylic acid groups (broad SMARTS) is 1. The Bertz CT molecular complexity index is 436. The first-order chi connectivity index (χ1) is 8.54. The molecule has 0 aliphatic heterocycles. The van der Waals surface area contributed by atoms with E-state index in [0.29, 0.717) is 5.75 Å². The normalized spacial score (nSPS) is 9.89. The number of carboxylic acids is 1. The van der Waals surface area contributed by atoms with Gasteiger partial charge < -0.3 is 14.7 Å². The number of nitrogens with zero attached hydrogens (tertiary/aromatic N) is 1. The number of carbonyl (C=O) groups is 2. The molecule has 0 atom stereocenters. The number of anilines is 1. The molecule has 0 bridgehead atoms. The van der Waals surface area contributed by atoms with Crippen molar-refractivity contribution in [3.63, 3.8) is 0 Å². The van der Waals surface area contributed by atoms with Crippen molar-refractivity contribution in [3.05, 3.63) is 24.3 Å². The molecule has 0 aliphatic rings. The Morgan fingerprint density at radius 1 is 1.39 bits per heavy atom. The van der Waals surface area contributed by atoms with Gasteiger partial charge in [-0.1, -0.05) is 6.07 Å². The maximum atomic E-state index is 11.8. The summed E-state index contributed by atoms with van der Waals surface area (Å²) in [6.45, 7) is 0. The predicted octanol–water partition coefficient (Wildman–Crippen LogP) is 1.48. The summed E-state index contributed by atoms with van der Waals surface area (Å²) >= 11 is 1.08. The van der Waals surface area contributed by atoms with Crippen LogP contribution in [0.1, 0.15) is 0 Å². The van der Waals surface area contributed by atoms with Gasteiger partial charge in [0, 0.05) is 18.8 Å². The lowest BCUT2D eigenvalue weighted by Crippen LogP contribution is -2.28. The lowest BCUT2D eigenvalue weighted by molar-refractivity contribution is -0.133. The fraction of sp³-hybridized carbons (Fsp3) is 0.333. The number of rotatable bonds is 6. The zero-order valence-electron chi connectivity index (χ0n) is 10.3. The van der Waals surface area contributed by atoms with Crippen molar-refractivity contribution in [1.82, 2.24) is 0 Å². The molecule has 0 unspecified atom stereocenters. The second kappa shape index (κ2) is 6.90. The van der Waals surface area contributed by atoms with Crippen LogP contribution < -0.4 is 9.64 Å². The highest BCUT2D eigenvalue weighted by Crippen LogP contribution is 2.20. The molecular formula is C12H15NO4S. The first-order valence-electron chi connectivity index (χ1n) is 5.24. The zero-order valence-corrected chi connectivity index (χ0v) is 11.1. The van der Waals surface area contributed by atoms with Crippen LogP contribution in [0.2, 0.25) is 0 Å². The number of ether oxygens (including phenoxy) is 1. The maximum Gasteiger partial charge on any atom is 0.313 e. The molecule has 0 aliphatic carbocycles. The van der Waals surface area contributed by atoms with Gasteiger partial charge in [-0.15, -0.1) is 11.8 Å². The summed E-state index contributed by atoms with van der Waals surface area (Å²) in [6, 6.07) is 7.13. The Morgan fingerprint density at radius 2 is 2.11 bits per heavy atom. The van der Waals surface area contributed by atoms with Crippen LogP contribution in [-0.2, 0) is 9.59 Å². The molecule has 18 heavy (non-hydrogen) atoms. The van der Waals surface area contributed by atoms with Crippen LogP contribution in [0, 0.1) is 0 Å². The van der Waals surface area contributed by atoms with Crippen LogP contribution in [0.15, 0.2) is 24.3 Å². The van der Waals surface area contributed by atoms with E-state index in [9.17, 15) is 9.59 Å². The molecular weight excluding hydrogens is 254 g/mol. The van der Waals surface area contributed by atoms with E-state index in [4.69, 9.17) is 9.84 Å². The van der Waals surface area contributed by atoms with Gasteiger partial charge in [-0.3, -0.25) is 9.59 Å². The Morgan fingerprint density at radius 3 is 2.72 bits per heavy atom. The van der Waals surface area contributed by atoms with E-state index in [-0.39, 0.29) is 17.4 Å². The number of hydrogen-bond acceptors (Lipinski definition) is 4. The summed E-state index contributed by atoms with van der Waals surface area (Å²) < 4.78 is 5.08. The first-order valence-corrected chi connectivity index (χ1v) is 6.40. The third-order valence-corrected chi connectivity index (χ3v) is 3.17. The molecule has 1 aromatic carbocycles. The standard InChI is InChI=1S/C12H15NO4S/c1-13(11(14)7-18-8-12(15)16)9-4-3-5-10(6-9)17-2/h3-6H,7-8H2,1-2H3,(H,15,16). The molecule has 0 saturated heterocycles. The van der Waals surface area contributed by atoms with E-state index < -0.39 is 5.97 Å². The molecule has 98 valence electrons. The van der Waals surface area contributed by atoms with Gasteiger partial charge in [0.1, 0.15) is 5.75 Å². The maximum absolute atomic E-state index is 11.8. The van der Waals surface area contributed by atoms with Crippen molar-refractivity contribution in [1.29, 1.82) is 0 Å². The summed E-state index contributed by atoms with van der Waals surface area (Å²) in [7, 11) is 3.21. The van der Waals surface area contributed by atoms with Crippen LogP contribution in [0.5, 0.6) is 5.75 Å². The molecule has 1 rings (SSSR count). The van der Waals surface area contributed by atoms with Crippen LogP contribution in [0.3, 0.4) is 0 Å². The Hall–Kier alpha value is -1.69. The lowest BCUT2D eigenvalue weighted by atomic mass is 10.3. The van der Waals surface area contributed by atoms with Gasteiger partial charge in [0.25, 0.3) is 0 Å². The smallest absolute Gasteiger partial charge is 0.313 e. The number of hydrogen-bond donors (Lipinski definition) is 1. The quantitative estimate of drug-likeness (QED) is 0.847. The van der Waals surface area contributed by atoms with Crippen LogP contribution >= 0.6 is 11.8 Å². The molecule has 0 saturated carbocycles. The van der Waals surface area contributed by atoms with E-state index in [2.05, 4.69) is 0 Å². The highest BCUT2D eigenvalue weighted by Gasteiger charge is 2.12. The summed E-state index contributed by atoms with van der Waals surface area (Å²) in [5, 5.41) is 8.49. The van der Waals surface area contributed by atoms with E-state index in [0.717, 1.165) is 17.4 Å². The fourth-order valence-electron chi connectivity index (χ4n) is 1.29. The SMILES string of the molecule is COc1cccc(N(C)C(=O)CSCC(=O)O)c1. The van der Waals surface area contributed by atoms with Gasteiger partial charge in [0.05, 0.1) is 18.6 Å². The molecule has 0 spiro atoms. The van der Waals surface area contributed by atoms with Crippen molar-refractivity contribution >= 4 is 29.3 Å². The lowest BCUT2D eigenvalue weighted by Gasteiger charge is -2.17. The highest BCUT2D eigenvalue weighted by molar-refractivity contribution is 8.00. The van der Waals surface area contributed by atoms with Gasteiger partial charge in [-0.25, -0.2) is 0 Å². The fourth-order valence-corrected chi connectivity index (χ4v) is 1.93. The number of amides is 1. The second-order valence-corrected chi connectivity index (χ2v) is 4.53. The van der Waals surface area contributed by atoms with E-state index in [1.165, 1.54) is 4.90 Å². The molecule has 0 aromatic heterocycles. The Kier molecular flexibility index (Phi) is 5.51. The number of carbonyl (C=O) groups excluding carboxylic acids is 1. The molecule has 1 N–H and O–H groups in total. The predicted molar refractivity (Wildman–Crippen MR) is 71.4 cm³/mol. The third kappa shape index (κ3) is 4.29. The average Bonchev–Trinajstić information content (AvgIpc) is 2.37. The minimum absolute atomic E-state index is 0.0717. The van der Waals surface area contributed by atoms with Gasteiger partial charge in [0.2, 0.25) is 5.91 Å². The number of benzene rings is 1. The van der Waals surface area contributed by atoms with Crippen molar-refractivity contribution in [2.45, 2.75) is 0 Å². The molecule has 5 nitrogen and oxygen atoms in total.